The lowest BCUT2D eigenvalue weighted by Gasteiger charge is -2.47. The quantitative estimate of drug-likeness (QED) is 0.260. The number of benzene rings is 2. The third-order valence-electron chi connectivity index (χ3n) is 8.01. The van der Waals surface area contributed by atoms with Crippen molar-refractivity contribution in [3.8, 4) is 0 Å². The molecule has 4 N–H and O–H groups in total. The second-order valence-electron chi connectivity index (χ2n) is 11.5. The van der Waals surface area contributed by atoms with E-state index in [1.807, 2.05) is 0 Å². The van der Waals surface area contributed by atoms with Crippen molar-refractivity contribution in [2.24, 2.45) is 11.8 Å². The molecule has 3 amide bonds. The van der Waals surface area contributed by atoms with Gasteiger partial charge in [0.05, 0.1) is 26.9 Å². The fourth-order valence-electron chi connectivity index (χ4n) is 5.46. The SMILES string of the molecule is CCC1C[C@@H](S(=O)(=O)c2cc(C(=O)Nc3cc(F)c(F)c(F)c3)ccc2Cl)C[C@H](C)[C@@]1(O)CNC(=O)[C@H](C)NC(=O)OC(C)C. The molecule has 0 heterocycles. The number of aliphatic hydroxyl groups is 1. The zero-order valence-electron chi connectivity index (χ0n) is 25.4. The Morgan fingerprint density at radius 3 is 2.29 bits per heavy atom. The molecule has 0 aliphatic heterocycles. The Morgan fingerprint density at radius 1 is 1.09 bits per heavy atom. The van der Waals surface area contributed by atoms with E-state index in [2.05, 4.69) is 16.0 Å². The summed E-state index contributed by atoms with van der Waals surface area (Å²) in [4.78, 5) is 37.0. The van der Waals surface area contributed by atoms with Crippen LogP contribution in [0.15, 0.2) is 35.2 Å². The van der Waals surface area contributed by atoms with E-state index >= 15 is 0 Å². The maximum atomic E-state index is 13.9. The molecule has 1 aliphatic rings. The second-order valence-corrected chi connectivity index (χ2v) is 14.1. The lowest BCUT2D eigenvalue weighted by molar-refractivity contribution is -0.128. The zero-order chi connectivity index (χ0) is 33.9. The zero-order valence-corrected chi connectivity index (χ0v) is 27.0. The third kappa shape index (κ3) is 8.27. The summed E-state index contributed by atoms with van der Waals surface area (Å²) in [6.07, 6.45) is -0.759. The van der Waals surface area contributed by atoms with Gasteiger partial charge in [-0.3, -0.25) is 9.59 Å². The van der Waals surface area contributed by atoms with E-state index in [0.717, 1.165) is 6.07 Å². The molecule has 0 bridgehead atoms. The number of carbonyl (C=O) groups excluding carboxylic acids is 3. The molecule has 0 aromatic heterocycles. The molecule has 1 unspecified atom stereocenters. The molecule has 5 atom stereocenters. The van der Waals surface area contributed by atoms with Gasteiger partial charge in [0, 0.05) is 29.9 Å². The smallest absolute Gasteiger partial charge is 0.408 e. The molecule has 15 heteroatoms. The van der Waals surface area contributed by atoms with E-state index in [1.54, 1.807) is 27.7 Å². The molecule has 1 fully saturated rings. The van der Waals surface area contributed by atoms with Crippen LogP contribution in [-0.4, -0.2) is 61.0 Å². The molecule has 45 heavy (non-hydrogen) atoms. The fourth-order valence-corrected chi connectivity index (χ4v) is 7.91. The van der Waals surface area contributed by atoms with Gasteiger partial charge < -0.3 is 25.8 Å². The molecule has 0 radical (unpaired) electrons. The Morgan fingerprint density at radius 2 is 1.71 bits per heavy atom. The number of carbonyl (C=O) groups is 3. The predicted octanol–water partition coefficient (Wildman–Crippen LogP) is 4.98. The van der Waals surface area contributed by atoms with Gasteiger partial charge in [0.15, 0.2) is 27.3 Å². The van der Waals surface area contributed by atoms with Gasteiger partial charge in [0.25, 0.3) is 5.91 Å². The standard InChI is InChI=1S/C30H37ClF3N3O7S/c1-6-19-11-21(9-16(4)30(19,41)14-35-27(38)17(5)36-29(40)44-15(2)3)45(42,43)25-10-18(7-8-22(25)31)28(39)37-20-12-23(32)26(34)24(33)13-20/h7-8,10,12-13,15-17,19,21,41H,6,9,11,14H2,1-5H3,(H,35,38)(H,36,40)(H,37,39)/t16-,17-,19?,21-,30-/m0/s1. The first-order valence-corrected chi connectivity index (χ1v) is 16.3. The molecule has 3 rings (SSSR count). The van der Waals surface area contributed by atoms with Crippen LogP contribution < -0.4 is 16.0 Å². The molecule has 2 aromatic carbocycles. The van der Waals surface area contributed by atoms with Crippen LogP contribution in [0.25, 0.3) is 0 Å². The van der Waals surface area contributed by atoms with E-state index in [-0.39, 0.29) is 46.7 Å². The molecule has 1 aliphatic carbocycles. The van der Waals surface area contributed by atoms with Gasteiger partial charge in [0.1, 0.15) is 6.04 Å². The van der Waals surface area contributed by atoms with Gasteiger partial charge >= 0.3 is 6.09 Å². The number of rotatable bonds is 10. The Balaban J connectivity index is 1.77. The maximum absolute atomic E-state index is 13.9. The monoisotopic (exact) mass is 675 g/mol. The summed E-state index contributed by atoms with van der Waals surface area (Å²) < 4.78 is 73.2. The number of hydrogen-bond donors (Lipinski definition) is 4. The van der Waals surface area contributed by atoms with Crippen LogP contribution in [0.1, 0.15) is 64.2 Å². The Labute approximate surface area is 265 Å². The Hall–Kier alpha value is -3.36. The van der Waals surface area contributed by atoms with Crippen molar-refractivity contribution >= 4 is 45.0 Å². The first kappa shape index (κ1) is 36.1. The van der Waals surface area contributed by atoms with Crippen LogP contribution in [0.4, 0.5) is 23.7 Å². The third-order valence-corrected chi connectivity index (χ3v) is 10.7. The molecule has 10 nitrogen and oxygen atoms in total. The van der Waals surface area contributed by atoms with Crippen molar-refractivity contribution in [2.75, 3.05) is 11.9 Å². The minimum absolute atomic E-state index is 0.000603. The average Bonchev–Trinajstić information content (AvgIpc) is 2.95. The summed E-state index contributed by atoms with van der Waals surface area (Å²) in [5.41, 5.74) is -2.03. The molecular formula is C30H37ClF3N3O7S. The van der Waals surface area contributed by atoms with E-state index in [4.69, 9.17) is 16.3 Å². The van der Waals surface area contributed by atoms with Crippen LogP contribution in [-0.2, 0) is 19.4 Å². The van der Waals surface area contributed by atoms with E-state index in [1.165, 1.54) is 19.1 Å². The number of sulfone groups is 1. The van der Waals surface area contributed by atoms with Crippen molar-refractivity contribution in [3.05, 3.63) is 58.4 Å². The fraction of sp³-hybridized carbons (Fsp3) is 0.500. The van der Waals surface area contributed by atoms with Gasteiger partial charge in [-0.25, -0.2) is 26.4 Å². The summed E-state index contributed by atoms with van der Waals surface area (Å²) in [6, 6.07) is 3.69. The van der Waals surface area contributed by atoms with E-state index in [0.29, 0.717) is 18.6 Å². The molecule has 1 saturated carbocycles. The number of ether oxygens (including phenoxy) is 1. The summed E-state index contributed by atoms with van der Waals surface area (Å²) in [6.45, 7) is 8.04. The largest absolute Gasteiger partial charge is 0.447 e. The summed E-state index contributed by atoms with van der Waals surface area (Å²) in [5, 5.41) is 17.8. The molecule has 248 valence electrons. The van der Waals surface area contributed by atoms with E-state index < -0.39 is 73.9 Å². The van der Waals surface area contributed by atoms with Gasteiger partial charge in [-0.1, -0.05) is 31.9 Å². The molecule has 0 saturated heterocycles. The maximum Gasteiger partial charge on any atom is 0.408 e. The van der Waals surface area contributed by atoms with Gasteiger partial charge in [-0.2, -0.15) is 0 Å². The molecule has 0 spiro atoms. The first-order valence-electron chi connectivity index (χ1n) is 14.4. The number of amides is 3. The highest BCUT2D eigenvalue weighted by atomic mass is 35.5. The number of nitrogens with one attached hydrogen (secondary N) is 3. The lowest BCUT2D eigenvalue weighted by Crippen LogP contribution is -2.59. The van der Waals surface area contributed by atoms with Crippen molar-refractivity contribution in [1.82, 2.24) is 10.6 Å². The highest BCUT2D eigenvalue weighted by Crippen LogP contribution is 2.44. The molecular weight excluding hydrogens is 639 g/mol. The highest BCUT2D eigenvalue weighted by molar-refractivity contribution is 7.92. The highest BCUT2D eigenvalue weighted by Gasteiger charge is 2.50. The van der Waals surface area contributed by atoms with Gasteiger partial charge in [-0.05, 0) is 63.6 Å². The Kier molecular flexibility index (Phi) is 11.5. The van der Waals surface area contributed by atoms with E-state index in [9.17, 15) is 41.1 Å². The Bertz CT molecular complexity index is 1540. The van der Waals surface area contributed by atoms with Crippen molar-refractivity contribution in [1.29, 1.82) is 0 Å². The van der Waals surface area contributed by atoms with Crippen LogP contribution >= 0.6 is 11.6 Å². The minimum Gasteiger partial charge on any atom is -0.447 e. The van der Waals surface area contributed by atoms with Crippen LogP contribution in [0.5, 0.6) is 0 Å². The van der Waals surface area contributed by atoms with Crippen molar-refractivity contribution < 1.29 is 45.8 Å². The van der Waals surface area contributed by atoms with Gasteiger partial charge in [-0.15, -0.1) is 0 Å². The van der Waals surface area contributed by atoms with Gasteiger partial charge in [0.2, 0.25) is 5.91 Å². The topological polar surface area (TPSA) is 151 Å². The van der Waals surface area contributed by atoms with Crippen molar-refractivity contribution in [3.63, 3.8) is 0 Å². The minimum atomic E-state index is -4.18. The van der Waals surface area contributed by atoms with Crippen LogP contribution in [0.3, 0.4) is 0 Å². The summed E-state index contributed by atoms with van der Waals surface area (Å²) in [5.74, 6) is -7.39. The molecule has 2 aromatic rings. The summed E-state index contributed by atoms with van der Waals surface area (Å²) in [7, 11) is -4.18. The first-order chi connectivity index (χ1) is 20.9. The van der Waals surface area contributed by atoms with Crippen molar-refractivity contribution in [2.45, 2.75) is 81.8 Å². The number of anilines is 1. The normalized spacial score (nSPS) is 22.4. The average molecular weight is 676 g/mol. The lowest BCUT2D eigenvalue weighted by atomic mass is 9.67. The number of alkyl carbamates (subject to hydrolysis) is 1. The summed E-state index contributed by atoms with van der Waals surface area (Å²) >= 11 is 6.28. The predicted molar refractivity (Wildman–Crippen MR) is 161 cm³/mol. The number of hydrogen-bond acceptors (Lipinski definition) is 7. The van der Waals surface area contributed by atoms with Crippen LogP contribution in [0.2, 0.25) is 5.02 Å². The second kappa shape index (κ2) is 14.4. The number of halogens is 4. The van der Waals surface area contributed by atoms with Crippen LogP contribution in [0, 0.1) is 29.3 Å².